The highest BCUT2D eigenvalue weighted by Crippen LogP contribution is 2.33. The molecule has 0 unspecified atom stereocenters. The molecule has 2 fully saturated rings. The second-order valence-electron chi connectivity index (χ2n) is 12.2. The summed E-state index contributed by atoms with van der Waals surface area (Å²) in [5.41, 5.74) is 1.89. The molecule has 3 aromatic rings. The Hall–Kier alpha value is -3.93. The lowest BCUT2D eigenvalue weighted by atomic mass is 9.89. The van der Waals surface area contributed by atoms with Gasteiger partial charge in [0.15, 0.2) is 0 Å². The van der Waals surface area contributed by atoms with E-state index >= 15 is 0 Å². The van der Waals surface area contributed by atoms with Crippen LogP contribution in [-0.2, 0) is 26.1 Å². The number of carbonyl (C=O) groups excluding carboxylic acids is 1. The number of hydrogen-bond donors (Lipinski definition) is 3. The molecule has 48 heavy (non-hydrogen) atoms. The van der Waals surface area contributed by atoms with E-state index in [0.717, 1.165) is 77.4 Å². The first-order valence-corrected chi connectivity index (χ1v) is 17.6. The SMILES string of the molecule is COc1cc(S(=O)(=O)NC(C)=O)ccc1NCC#Cc1cc2c(NC3CCC(N4CCCOCCC4)CC3)cccc2n1CC(F)(F)F. The molecule has 1 saturated heterocycles. The minimum Gasteiger partial charge on any atom is -0.495 e. The fourth-order valence-electron chi connectivity index (χ4n) is 6.49. The molecular weight excluding hydrogens is 647 g/mol. The summed E-state index contributed by atoms with van der Waals surface area (Å²) in [6.45, 7) is 3.69. The molecule has 1 saturated carbocycles. The number of sulfonamides is 1. The van der Waals surface area contributed by atoms with Crippen molar-refractivity contribution in [2.75, 3.05) is 50.6 Å². The number of hydrogen-bond acceptors (Lipinski definition) is 8. The number of benzene rings is 2. The molecule has 2 heterocycles. The number of halogens is 3. The van der Waals surface area contributed by atoms with Crippen molar-refractivity contribution in [1.29, 1.82) is 0 Å². The summed E-state index contributed by atoms with van der Waals surface area (Å²) in [5.74, 6) is 5.25. The van der Waals surface area contributed by atoms with Gasteiger partial charge in [-0.15, -0.1) is 0 Å². The van der Waals surface area contributed by atoms with Gasteiger partial charge in [-0.1, -0.05) is 12.0 Å². The smallest absolute Gasteiger partial charge is 0.406 e. The maximum absolute atomic E-state index is 13.7. The molecule has 0 atom stereocenters. The molecule has 0 bridgehead atoms. The molecule has 10 nitrogen and oxygen atoms in total. The Morgan fingerprint density at radius 2 is 1.77 bits per heavy atom. The normalized spacial score (nSPS) is 19.4. The van der Waals surface area contributed by atoms with Gasteiger partial charge in [-0.3, -0.25) is 4.79 Å². The quantitative estimate of drug-likeness (QED) is 0.259. The molecule has 1 aromatic heterocycles. The van der Waals surface area contributed by atoms with Crippen LogP contribution >= 0.6 is 0 Å². The van der Waals surface area contributed by atoms with Gasteiger partial charge in [-0.25, -0.2) is 13.1 Å². The van der Waals surface area contributed by atoms with E-state index < -0.39 is 28.7 Å². The monoisotopic (exact) mass is 689 g/mol. The van der Waals surface area contributed by atoms with Gasteiger partial charge in [0.1, 0.15) is 12.3 Å². The Labute approximate surface area is 279 Å². The summed E-state index contributed by atoms with van der Waals surface area (Å²) < 4.78 is 79.9. The van der Waals surface area contributed by atoms with Crippen LogP contribution in [0.5, 0.6) is 5.75 Å². The summed E-state index contributed by atoms with van der Waals surface area (Å²) in [4.78, 5) is 13.7. The topological polar surface area (TPSA) is 114 Å². The molecule has 0 radical (unpaired) electrons. The van der Waals surface area contributed by atoms with E-state index in [1.165, 1.54) is 29.9 Å². The molecule has 1 aliphatic heterocycles. The first kappa shape index (κ1) is 35.4. The Kier molecular flexibility index (Phi) is 11.4. The van der Waals surface area contributed by atoms with Crippen molar-refractivity contribution in [3.05, 3.63) is 48.2 Å². The van der Waals surface area contributed by atoms with Gasteiger partial charge in [0.25, 0.3) is 10.0 Å². The van der Waals surface area contributed by atoms with Crippen molar-refractivity contribution < 1.29 is 35.9 Å². The lowest BCUT2D eigenvalue weighted by Crippen LogP contribution is -2.42. The van der Waals surface area contributed by atoms with Crippen LogP contribution in [0.4, 0.5) is 24.5 Å². The number of carbonyl (C=O) groups is 1. The Bertz CT molecular complexity index is 1750. The van der Waals surface area contributed by atoms with Gasteiger partial charge in [-0.05, 0) is 74.8 Å². The lowest BCUT2D eigenvalue weighted by molar-refractivity contribution is -0.140. The van der Waals surface area contributed by atoms with Crippen LogP contribution in [0.15, 0.2) is 47.4 Å². The van der Waals surface area contributed by atoms with Crippen molar-refractivity contribution in [3.8, 4) is 17.6 Å². The first-order valence-electron chi connectivity index (χ1n) is 16.1. The van der Waals surface area contributed by atoms with E-state index in [4.69, 9.17) is 9.47 Å². The number of fused-ring (bicyclic) bond motifs is 1. The van der Waals surface area contributed by atoms with E-state index in [2.05, 4.69) is 27.4 Å². The summed E-state index contributed by atoms with van der Waals surface area (Å²) >= 11 is 0. The maximum atomic E-state index is 13.7. The number of anilines is 2. The largest absolute Gasteiger partial charge is 0.495 e. The highest BCUT2D eigenvalue weighted by atomic mass is 32.2. The average molecular weight is 690 g/mol. The van der Waals surface area contributed by atoms with E-state index in [9.17, 15) is 26.4 Å². The summed E-state index contributed by atoms with van der Waals surface area (Å²) in [5, 5.41) is 7.33. The van der Waals surface area contributed by atoms with Crippen molar-refractivity contribution in [2.24, 2.45) is 0 Å². The molecule has 1 aliphatic carbocycles. The van der Waals surface area contributed by atoms with Crippen LogP contribution in [0.2, 0.25) is 0 Å². The third-order valence-electron chi connectivity index (χ3n) is 8.67. The van der Waals surface area contributed by atoms with Crippen LogP contribution in [0.25, 0.3) is 10.9 Å². The molecular formula is C34H42F3N5O5S. The zero-order valence-corrected chi connectivity index (χ0v) is 28.0. The second-order valence-corrected chi connectivity index (χ2v) is 13.8. The van der Waals surface area contributed by atoms with Crippen LogP contribution in [0.1, 0.15) is 51.1 Å². The number of amides is 1. The van der Waals surface area contributed by atoms with Crippen molar-refractivity contribution in [1.82, 2.24) is 14.2 Å². The standard InChI is InChI=1S/C34H42F3N5O5S/c1-24(43)40-48(44,45)28-14-15-31(33(22-28)46-2)38-16-4-7-27-21-29-30(8-3-9-32(29)42(27)23-34(35,36)37)39-25-10-12-26(13-11-25)41-17-5-19-47-20-6-18-41/h3,8-9,14-15,21-22,25-26,38-39H,5-6,10-13,16-20,23H2,1-2H3,(H,40,43). The zero-order valence-electron chi connectivity index (χ0n) is 27.2. The van der Waals surface area contributed by atoms with Crippen LogP contribution in [0.3, 0.4) is 0 Å². The van der Waals surface area contributed by atoms with Crippen LogP contribution in [-0.4, -0.2) is 82.0 Å². The molecule has 3 N–H and O–H groups in total. The average Bonchev–Trinajstić information content (AvgIpc) is 3.35. The van der Waals surface area contributed by atoms with Crippen LogP contribution < -0.4 is 20.1 Å². The van der Waals surface area contributed by atoms with E-state index in [1.807, 2.05) is 10.8 Å². The fourth-order valence-corrected chi connectivity index (χ4v) is 7.50. The third kappa shape index (κ3) is 9.15. The summed E-state index contributed by atoms with van der Waals surface area (Å²) in [6.07, 6.45) is 1.76. The second kappa shape index (κ2) is 15.5. The predicted molar refractivity (Wildman–Crippen MR) is 179 cm³/mol. The zero-order chi connectivity index (χ0) is 34.3. The van der Waals surface area contributed by atoms with E-state index in [0.29, 0.717) is 22.6 Å². The number of nitrogens with zero attached hydrogens (tertiary/aromatic N) is 2. The van der Waals surface area contributed by atoms with Crippen molar-refractivity contribution >= 4 is 38.2 Å². The molecule has 260 valence electrons. The molecule has 0 spiro atoms. The Morgan fingerprint density at radius 1 is 1.04 bits per heavy atom. The Balaban J connectivity index is 1.30. The van der Waals surface area contributed by atoms with Gasteiger partial charge in [0.2, 0.25) is 5.91 Å². The minimum atomic E-state index is -4.45. The molecule has 5 rings (SSSR count). The minimum absolute atomic E-state index is 0.0418. The maximum Gasteiger partial charge on any atom is 0.406 e. The highest BCUT2D eigenvalue weighted by Gasteiger charge is 2.31. The number of alkyl halides is 3. The number of ether oxygens (including phenoxy) is 2. The molecule has 2 aliphatic rings. The predicted octanol–water partition coefficient (Wildman–Crippen LogP) is 5.34. The summed E-state index contributed by atoms with van der Waals surface area (Å²) in [6, 6.07) is 11.9. The third-order valence-corrected chi connectivity index (χ3v) is 10.1. The van der Waals surface area contributed by atoms with E-state index in [1.54, 1.807) is 18.2 Å². The van der Waals surface area contributed by atoms with Crippen molar-refractivity contribution in [2.45, 2.75) is 75.1 Å². The highest BCUT2D eigenvalue weighted by molar-refractivity contribution is 7.90. The molecule has 2 aromatic carbocycles. The van der Waals surface area contributed by atoms with Gasteiger partial charge >= 0.3 is 6.18 Å². The van der Waals surface area contributed by atoms with Crippen LogP contribution in [0, 0.1) is 11.8 Å². The number of aromatic nitrogens is 1. The lowest BCUT2D eigenvalue weighted by Gasteiger charge is -2.38. The number of nitrogens with one attached hydrogen (secondary N) is 3. The summed E-state index contributed by atoms with van der Waals surface area (Å²) in [7, 11) is -2.70. The van der Waals surface area contributed by atoms with E-state index in [-0.39, 0.29) is 28.9 Å². The number of rotatable bonds is 9. The van der Waals surface area contributed by atoms with Gasteiger partial charge < -0.3 is 29.6 Å². The molecule has 1 amide bonds. The van der Waals surface area contributed by atoms with Crippen molar-refractivity contribution in [3.63, 3.8) is 0 Å². The molecule has 14 heteroatoms. The number of methoxy groups -OCH3 is 1. The van der Waals surface area contributed by atoms with Gasteiger partial charge in [-0.2, -0.15) is 13.2 Å². The fraction of sp³-hybridized carbons (Fsp3) is 0.500. The van der Waals surface area contributed by atoms with Gasteiger partial charge in [0.05, 0.1) is 35.4 Å². The van der Waals surface area contributed by atoms with Gasteiger partial charge in [0, 0.05) is 62.5 Å². The Morgan fingerprint density at radius 3 is 2.44 bits per heavy atom. The first-order chi connectivity index (χ1) is 22.9.